The van der Waals surface area contributed by atoms with Gasteiger partial charge >= 0.3 is 0 Å². The van der Waals surface area contributed by atoms with Gasteiger partial charge in [-0.2, -0.15) is 0 Å². The SMILES string of the molecule is Cc1cc(C(C)(C)C)c2oc3c(N(c4cccc(-c5ccccc5)c4)c4ccc5ccc6c(N(c7cccc(-c8ccccc8)c7)c7cccc8c7oc7c(C(C)(C)C)cc(C)cc78)ccc7ccc4c5c76)cccc3c2c1. The molecule has 0 bridgehead atoms. The molecule has 0 amide bonds. The molecular weight excluding hydrogens is 949 g/mol. The molecule has 0 aliphatic rings. The Kier molecular flexibility index (Phi) is 10.8. The fraction of sp³-hybridized carbons (Fsp3) is 0.135. The van der Waals surface area contributed by atoms with E-state index in [-0.39, 0.29) is 10.8 Å². The third-order valence-corrected chi connectivity index (χ3v) is 16.1. The van der Waals surface area contributed by atoms with Crippen LogP contribution in [0.15, 0.2) is 227 Å². The van der Waals surface area contributed by atoms with Crippen LogP contribution in [0.1, 0.15) is 63.8 Å². The summed E-state index contributed by atoms with van der Waals surface area (Å²) in [5.41, 5.74) is 19.0. The van der Waals surface area contributed by atoms with Crippen molar-refractivity contribution in [3.05, 3.63) is 241 Å². The van der Waals surface area contributed by atoms with E-state index >= 15 is 0 Å². The third-order valence-electron chi connectivity index (χ3n) is 16.1. The van der Waals surface area contributed by atoms with Crippen LogP contribution in [-0.2, 0) is 10.8 Å². The number of aryl methyl sites for hydroxylation is 2. The van der Waals surface area contributed by atoms with Crippen LogP contribution in [-0.4, -0.2) is 0 Å². The van der Waals surface area contributed by atoms with Gasteiger partial charge in [0, 0.05) is 54.8 Å². The number of furan rings is 2. The highest BCUT2D eigenvalue weighted by Crippen LogP contribution is 2.52. The first-order valence-corrected chi connectivity index (χ1v) is 27.3. The van der Waals surface area contributed by atoms with Crippen molar-refractivity contribution < 1.29 is 8.83 Å². The van der Waals surface area contributed by atoms with Gasteiger partial charge in [-0.3, -0.25) is 0 Å². The van der Waals surface area contributed by atoms with E-state index in [1.807, 2.05) is 0 Å². The maximum absolute atomic E-state index is 7.25. The van der Waals surface area contributed by atoms with Crippen molar-refractivity contribution in [1.82, 2.24) is 0 Å². The summed E-state index contributed by atoms with van der Waals surface area (Å²) >= 11 is 0. The summed E-state index contributed by atoms with van der Waals surface area (Å²) in [5, 5.41) is 11.5. The Morgan fingerprint density at radius 1 is 0.295 bits per heavy atom. The summed E-state index contributed by atoms with van der Waals surface area (Å²) in [5.74, 6) is 0. The Balaban J connectivity index is 1.04. The molecule has 14 aromatic rings. The minimum absolute atomic E-state index is 0.124. The number of benzene rings is 12. The summed E-state index contributed by atoms with van der Waals surface area (Å²) < 4.78 is 14.5. The van der Waals surface area contributed by atoms with Crippen LogP contribution in [0, 0.1) is 13.8 Å². The second kappa shape index (κ2) is 17.7. The molecule has 0 atom stereocenters. The van der Waals surface area contributed by atoms with Gasteiger partial charge in [-0.25, -0.2) is 0 Å². The summed E-state index contributed by atoms with van der Waals surface area (Å²) in [6, 6.07) is 80.2. The topological polar surface area (TPSA) is 32.8 Å². The Bertz CT molecular complexity index is 4360. The zero-order chi connectivity index (χ0) is 53.2. The number of fused-ring (bicyclic) bond motifs is 6. The second-order valence-electron chi connectivity index (χ2n) is 23.5. The van der Waals surface area contributed by atoms with Gasteiger partial charge in [0.15, 0.2) is 11.2 Å². The van der Waals surface area contributed by atoms with Crippen molar-refractivity contribution in [3.63, 3.8) is 0 Å². The van der Waals surface area contributed by atoms with Crippen molar-refractivity contribution in [2.75, 3.05) is 9.80 Å². The molecule has 12 aromatic carbocycles. The fourth-order valence-electron chi connectivity index (χ4n) is 12.4. The number of rotatable bonds is 8. The molecule has 4 nitrogen and oxygen atoms in total. The maximum atomic E-state index is 7.25. The van der Waals surface area contributed by atoms with Gasteiger partial charge in [-0.1, -0.05) is 199 Å². The molecule has 78 heavy (non-hydrogen) atoms. The normalized spacial score (nSPS) is 12.4. The molecule has 0 radical (unpaired) electrons. The van der Waals surface area contributed by atoms with Gasteiger partial charge in [-0.15, -0.1) is 0 Å². The van der Waals surface area contributed by atoms with Crippen LogP contribution in [0.5, 0.6) is 0 Å². The molecule has 2 heterocycles. The Labute approximate surface area is 455 Å². The zero-order valence-corrected chi connectivity index (χ0v) is 45.5. The molecular formula is C74H60N2O2. The average molecular weight is 1010 g/mol. The lowest BCUT2D eigenvalue weighted by Crippen LogP contribution is -2.12. The second-order valence-corrected chi connectivity index (χ2v) is 23.5. The quantitative estimate of drug-likeness (QED) is 0.142. The van der Waals surface area contributed by atoms with Crippen LogP contribution < -0.4 is 9.80 Å². The van der Waals surface area contributed by atoms with Gasteiger partial charge in [0.25, 0.3) is 0 Å². The largest absolute Gasteiger partial charge is 0.454 e. The highest BCUT2D eigenvalue weighted by atomic mass is 16.3. The molecule has 2 aromatic heterocycles. The van der Waals surface area contributed by atoms with Gasteiger partial charge in [-0.05, 0) is 140 Å². The van der Waals surface area contributed by atoms with E-state index in [2.05, 4.69) is 284 Å². The molecule has 0 saturated carbocycles. The van der Waals surface area contributed by atoms with E-state index in [0.717, 1.165) is 111 Å². The van der Waals surface area contributed by atoms with Crippen molar-refractivity contribution >= 4 is 110 Å². The van der Waals surface area contributed by atoms with E-state index in [4.69, 9.17) is 8.83 Å². The van der Waals surface area contributed by atoms with Crippen LogP contribution in [0.25, 0.3) is 98.4 Å². The van der Waals surface area contributed by atoms with Crippen molar-refractivity contribution in [1.29, 1.82) is 0 Å². The van der Waals surface area contributed by atoms with Crippen LogP contribution in [0.2, 0.25) is 0 Å². The van der Waals surface area contributed by atoms with Gasteiger partial charge in [0.2, 0.25) is 0 Å². The Hall–Kier alpha value is -9.12. The summed E-state index contributed by atoms with van der Waals surface area (Å²) in [7, 11) is 0. The molecule has 0 fully saturated rings. The van der Waals surface area contributed by atoms with Crippen molar-refractivity contribution in [2.45, 2.75) is 66.2 Å². The lowest BCUT2D eigenvalue weighted by molar-refractivity contribution is 0.572. The molecule has 0 aliphatic carbocycles. The first kappa shape index (κ1) is 47.3. The molecule has 0 saturated heterocycles. The minimum atomic E-state index is -0.124. The molecule has 378 valence electrons. The predicted molar refractivity (Wildman–Crippen MR) is 332 cm³/mol. The fourth-order valence-corrected chi connectivity index (χ4v) is 12.4. The van der Waals surface area contributed by atoms with Crippen LogP contribution >= 0.6 is 0 Å². The van der Waals surface area contributed by atoms with E-state index in [1.54, 1.807) is 0 Å². The highest BCUT2D eigenvalue weighted by Gasteiger charge is 2.29. The number of hydrogen-bond donors (Lipinski definition) is 0. The molecule has 0 spiro atoms. The number of para-hydroxylation sites is 2. The monoisotopic (exact) mass is 1010 g/mol. The predicted octanol–water partition coefficient (Wildman–Crippen LogP) is 21.9. The van der Waals surface area contributed by atoms with E-state index in [9.17, 15) is 0 Å². The van der Waals surface area contributed by atoms with E-state index < -0.39 is 0 Å². The van der Waals surface area contributed by atoms with Gasteiger partial charge in [0.1, 0.15) is 11.2 Å². The molecule has 4 heteroatoms. The molecule has 0 aliphatic heterocycles. The van der Waals surface area contributed by atoms with Crippen LogP contribution in [0.3, 0.4) is 0 Å². The smallest absolute Gasteiger partial charge is 0.159 e. The van der Waals surface area contributed by atoms with E-state index in [0.29, 0.717) is 0 Å². The van der Waals surface area contributed by atoms with Gasteiger partial charge in [0.05, 0.1) is 22.7 Å². The first-order valence-electron chi connectivity index (χ1n) is 27.3. The van der Waals surface area contributed by atoms with E-state index in [1.165, 1.54) is 43.8 Å². The number of anilines is 6. The number of nitrogens with zero attached hydrogens (tertiary/aromatic N) is 2. The Morgan fingerprint density at radius 2 is 0.679 bits per heavy atom. The summed E-state index contributed by atoms with van der Waals surface area (Å²) in [6.07, 6.45) is 0. The average Bonchev–Trinajstić information content (AvgIpc) is 4.08. The summed E-state index contributed by atoms with van der Waals surface area (Å²) in [6.45, 7) is 18.0. The highest BCUT2D eigenvalue weighted by molar-refractivity contribution is 6.29. The maximum Gasteiger partial charge on any atom is 0.159 e. The van der Waals surface area contributed by atoms with Crippen molar-refractivity contribution in [3.8, 4) is 22.3 Å². The zero-order valence-electron chi connectivity index (χ0n) is 45.5. The first-order chi connectivity index (χ1) is 37.8. The lowest BCUT2D eigenvalue weighted by Gasteiger charge is -2.29. The molecule has 0 unspecified atom stereocenters. The molecule has 14 rings (SSSR count). The summed E-state index contributed by atoms with van der Waals surface area (Å²) in [4.78, 5) is 4.87. The third kappa shape index (κ3) is 7.64. The van der Waals surface area contributed by atoms with Gasteiger partial charge < -0.3 is 18.6 Å². The standard InChI is InChI=1S/C74H60N2O2/c1-45-39-59-55-27-17-29-65(71(55)77-69(59)61(41-45)73(3,4)5)75(53-25-15-23-51(43-53)47-19-11-9-12-20-47)63-37-33-49-32-36-58-64(38-34-50-31-35-57(63)67(49)68(50)58)76(54-26-16-24-52(44-54)48-21-13-10-14-22-48)66-30-18-28-56-60-40-46(2)42-62(74(6,7)8)70(60)78-72(56)66/h9-44H,1-8H3. The number of hydrogen-bond acceptors (Lipinski definition) is 4. The van der Waals surface area contributed by atoms with Crippen molar-refractivity contribution in [2.24, 2.45) is 0 Å². The minimum Gasteiger partial charge on any atom is -0.454 e. The Morgan fingerprint density at radius 3 is 1.09 bits per heavy atom. The molecule has 0 N–H and O–H groups in total. The lowest BCUT2D eigenvalue weighted by atomic mass is 9.85. The van der Waals surface area contributed by atoms with Crippen LogP contribution in [0.4, 0.5) is 34.1 Å².